The van der Waals surface area contributed by atoms with Gasteiger partial charge in [0, 0.05) is 31.7 Å². The SMILES string of the molecule is C=CCN(CC=O)C(=O)CN(C(=O)CN(Cc1ccccc1)C(=O)CN(C(=O)CN(Cc1ccccc1)C(=O)CNC1CCCC1)C1CCCC1)C(C)c1ccccc1. The molecule has 3 aromatic rings. The third-order valence-corrected chi connectivity index (χ3v) is 11.5. The molecule has 2 aliphatic carbocycles. The molecule has 0 aliphatic heterocycles. The summed E-state index contributed by atoms with van der Waals surface area (Å²) in [6.45, 7) is 4.86. The number of rotatable bonds is 22. The maximum Gasteiger partial charge on any atom is 0.243 e. The number of amides is 5. The van der Waals surface area contributed by atoms with Crippen LogP contribution in [0.4, 0.5) is 0 Å². The molecule has 59 heavy (non-hydrogen) atoms. The summed E-state index contributed by atoms with van der Waals surface area (Å²) in [4.78, 5) is 89.8. The Morgan fingerprint density at radius 1 is 0.627 bits per heavy atom. The summed E-state index contributed by atoms with van der Waals surface area (Å²) in [5.74, 6) is -1.80. The zero-order chi connectivity index (χ0) is 42.0. The van der Waals surface area contributed by atoms with Crippen LogP contribution in [-0.4, -0.2) is 118 Å². The minimum absolute atomic E-state index is 0.0960. The van der Waals surface area contributed by atoms with E-state index in [1.54, 1.807) is 9.80 Å². The maximum atomic E-state index is 14.6. The Kier molecular flexibility index (Phi) is 17.4. The summed E-state index contributed by atoms with van der Waals surface area (Å²) in [6.07, 6.45) is 9.78. The van der Waals surface area contributed by atoms with Gasteiger partial charge in [-0.15, -0.1) is 6.58 Å². The summed E-state index contributed by atoms with van der Waals surface area (Å²) in [5.41, 5.74) is 2.49. The summed E-state index contributed by atoms with van der Waals surface area (Å²) in [5, 5.41) is 3.39. The Morgan fingerprint density at radius 2 is 1.14 bits per heavy atom. The molecule has 12 heteroatoms. The number of aldehydes is 1. The van der Waals surface area contributed by atoms with Gasteiger partial charge in [0.15, 0.2) is 0 Å². The second kappa shape index (κ2) is 23.1. The van der Waals surface area contributed by atoms with Crippen molar-refractivity contribution in [2.75, 3.05) is 45.8 Å². The van der Waals surface area contributed by atoms with Crippen molar-refractivity contribution in [3.05, 3.63) is 120 Å². The number of benzene rings is 3. The average Bonchev–Trinajstić information content (AvgIpc) is 4.00. The highest BCUT2D eigenvalue weighted by Gasteiger charge is 2.34. The molecule has 2 saturated carbocycles. The van der Waals surface area contributed by atoms with Gasteiger partial charge < -0.3 is 34.6 Å². The third kappa shape index (κ3) is 13.5. The molecular formula is C47H60N6O6. The fraction of sp³-hybridized carbons (Fsp3) is 0.447. The summed E-state index contributed by atoms with van der Waals surface area (Å²) < 4.78 is 0. The number of carbonyl (C=O) groups excluding carboxylic acids is 6. The summed E-state index contributed by atoms with van der Waals surface area (Å²) in [7, 11) is 0. The molecule has 12 nitrogen and oxygen atoms in total. The Morgan fingerprint density at radius 3 is 1.69 bits per heavy atom. The Hall–Kier alpha value is -5.62. The molecule has 0 heterocycles. The lowest BCUT2D eigenvalue weighted by molar-refractivity contribution is -0.149. The van der Waals surface area contributed by atoms with Gasteiger partial charge in [0.05, 0.1) is 19.1 Å². The predicted octanol–water partition coefficient (Wildman–Crippen LogP) is 5.15. The fourth-order valence-corrected chi connectivity index (χ4v) is 8.06. The van der Waals surface area contributed by atoms with E-state index < -0.39 is 23.8 Å². The lowest BCUT2D eigenvalue weighted by Crippen LogP contribution is -2.53. The molecule has 0 spiro atoms. The molecule has 2 aliphatic rings. The van der Waals surface area contributed by atoms with Gasteiger partial charge in [-0.3, -0.25) is 24.0 Å². The first-order valence-corrected chi connectivity index (χ1v) is 21.0. The normalized spacial score (nSPS) is 14.6. The lowest BCUT2D eigenvalue weighted by atomic mass is 10.1. The first kappa shape index (κ1) is 44.5. The van der Waals surface area contributed by atoms with Crippen molar-refractivity contribution in [1.82, 2.24) is 29.8 Å². The fourth-order valence-electron chi connectivity index (χ4n) is 8.06. The van der Waals surface area contributed by atoms with Crippen LogP contribution >= 0.6 is 0 Å². The molecule has 1 atom stereocenters. The molecule has 0 bridgehead atoms. The standard InChI is InChI=1S/C47H60N6O6/c1-3-27-49(28-29-54)44(56)35-52(37(2)40-21-11-6-12-22-40)46(58)33-51(32-39-19-9-5-10-20-39)45(57)36-53(42-25-15-16-26-42)47(59)34-50(31-38-17-7-4-8-18-38)43(55)30-48-41-23-13-14-24-41/h3-12,17-22,29,37,41-42,48H,1,13-16,23-28,30-36H2,2H3. The Bertz CT molecular complexity index is 1820. The van der Waals surface area contributed by atoms with Crippen LogP contribution in [0.25, 0.3) is 0 Å². The van der Waals surface area contributed by atoms with E-state index in [1.807, 2.05) is 97.9 Å². The molecule has 1 N–H and O–H groups in total. The van der Waals surface area contributed by atoms with Gasteiger partial charge >= 0.3 is 0 Å². The number of hydrogen-bond acceptors (Lipinski definition) is 7. The summed E-state index contributed by atoms with van der Waals surface area (Å²) in [6, 6.07) is 27.8. The number of nitrogens with one attached hydrogen (secondary N) is 1. The monoisotopic (exact) mass is 804 g/mol. The zero-order valence-corrected chi connectivity index (χ0v) is 34.5. The van der Waals surface area contributed by atoms with Crippen LogP contribution in [0.15, 0.2) is 104 Å². The largest absolute Gasteiger partial charge is 0.330 e. The summed E-state index contributed by atoms with van der Waals surface area (Å²) >= 11 is 0. The molecule has 1 unspecified atom stereocenters. The first-order chi connectivity index (χ1) is 28.7. The Balaban J connectivity index is 1.39. The van der Waals surface area contributed by atoms with Crippen LogP contribution in [0.1, 0.15) is 81.0 Å². The van der Waals surface area contributed by atoms with Crippen molar-refractivity contribution in [3.63, 3.8) is 0 Å². The molecular weight excluding hydrogens is 745 g/mol. The second-order valence-corrected chi connectivity index (χ2v) is 15.7. The van der Waals surface area contributed by atoms with Crippen LogP contribution in [-0.2, 0) is 41.9 Å². The predicted molar refractivity (Wildman–Crippen MR) is 227 cm³/mol. The van der Waals surface area contributed by atoms with Crippen LogP contribution in [0.2, 0.25) is 0 Å². The highest BCUT2D eigenvalue weighted by Crippen LogP contribution is 2.25. The van der Waals surface area contributed by atoms with Gasteiger partial charge in [-0.25, -0.2) is 0 Å². The molecule has 3 aromatic carbocycles. The Labute approximate surface area is 349 Å². The van der Waals surface area contributed by atoms with Crippen LogP contribution in [0.5, 0.6) is 0 Å². The van der Waals surface area contributed by atoms with E-state index in [0.29, 0.717) is 6.29 Å². The van der Waals surface area contributed by atoms with Crippen LogP contribution in [0.3, 0.4) is 0 Å². The molecule has 5 rings (SSSR count). The van der Waals surface area contributed by atoms with Gasteiger partial charge in [0.25, 0.3) is 0 Å². The van der Waals surface area contributed by atoms with E-state index in [9.17, 15) is 28.8 Å². The zero-order valence-electron chi connectivity index (χ0n) is 34.5. The smallest absolute Gasteiger partial charge is 0.243 e. The van der Waals surface area contributed by atoms with Crippen molar-refractivity contribution in [3.8, 4) is 0 Å². The topological polar surface area (TPSA) is 131 Å². The quantitative estimate of drug-likeness (QED) is 0.110. The van der Waals surface area contributed by atoms with Crippen molar-refractivity contribution in [1.29, 1.82) is 0 Å². The lowest BCUT2D eigenvalue weighted by Gasteiger charge is -2.35. The molecule has 0 aromatic heterocycles. The van der Waals surface area contributed by atoms with E-state index in [1.165, 1.54) is 20.8 Å². The first-order valence-electron chi connectivity index (χ1n) is 21.0. The van der Waals surface area contributed by atoms with Crippen molar-refractivity contribution in [2.45, 2.75) is 89.5 Å². The molecule has 2 fully saturated rings. The maximum absolute atomic E-state index is 14.6. The van der Waals surface area contributed by atoms with Gasteiger partial charge in [-0.05, 0) is 49.3 Å². The average molecular weight is 805 g/mol. The van der Waals surface area contributed by atoms with Gasteiger partial charge in [-0.1, -0.05) is 123 Å². The highest BCUT2D eigenvalue weighted by atomic mass is 16.2. The van der Waals surface area contributed by atoms with E-state index in [2.05, 4.69) is 11.9 Å². The van der Waals surface area contributed by atoms with Crippen LogP contribution < -0.4 is 5.32 Å². The van der Waals surface area contributed by atoms with E-state index in [0.717, 1.165) is 68.1 Å². The van der Waals surface area contributed by atoms with Crippen molar-refractivity contribution in [2.24, 2.45) is 0 Å². The number of nitrogens with zero attached hydrogens (tertiary/aromatic N) is 5. The van der Waals surface area contributed by atoms with Gasteiger partial charge in [0.2, 0.25) is 29.5 Å². The van der Waals surface area contributed by atoms with Gasteiger partial charge in [-0.2, -0.15) is 0 Å². The molecule has 0 radical (unpaired) electrons. The molecule has 314 valence electrons. The third-order valence-electron chi connectivity index (χ3n) is 11.5. The minimum Gasteiger partial charge on any atom is -0.330 e. The van der Waals surface area contributed by atoms with Crippen molar-refractivity contribution < 1.29 is 28.8 Å². The number of carbonyl (C=O) groups is 6. The molecule has 0 saturated heterocycles. The van der Waals surface area contributed by atoms with Gasteiger partial charge in [0.1, 0.15) is 32.5 Å². The second-order valence-electron chi connectivity index (χ2n) is 15.7. The van der Waals surface area contributed by atoms with E-state index in [4.69, 9.17) is 0 Å². The highest BCUT2D eigenvalue weighted by molar-refractivity contribution is 5.92. The number of hydrogen-bond donors (Lipinski definition) is 1. The van der Waals surface area contributed by atoms with E-state index >= 15 is 0 Å². The van der Waals surface area contributed by atoms with E-state index in [-0.39, 0.29) is 82.8 Å². The van der Waals surface area contributed by atoms with Crippen molar-refractivity contribution >= 4 is 35.8 Å². The molecule has 5 amide bonds. The van der Waals surface area contributed by atoms with Crippen LogP contribution in [0, 0.1) is 0 Å². The minimum atomic E-state index is -0.545.